The molecule has 0 amide bonds. The topological polar surface area (TPSA) is 242 Å². The quantitative estimate of drug-likeness (QED) is 0.168. The number of nitrogens with one attached hydrogen (secondary N) is 1. The van der Waals surface area contributed by atoms with Crippen molar-refractivity contribution < 1.29 is 65.3 Å². The average molecular weight is 485 g/mol. The summed E-state index contributed by atoms with van der Waals surface area (Å²) < 4.78 is 16.2. The number of hydrogen-bond acceptors (Lipinski definition) is 14. The molecule has 0 bridgehead atoms. The van der Waals surface area contributed by atoms with Gasteiger partial charge in [0.15, 0.2) is 12.6 Å². The maximum atomic E-state index is 10.7. The minimum Gasteiger partial charge on any atom is -0.396 e. The summed E-state index contributed by atoms with van der Waals surface area (Å²) in [6, 6.07) is -1.81. The molecule has 2 aliphatic heterocycles. The first kappa shape index (κ1) is 27.0. The van der Waals surface area contributed by atoms with Crippen LogP contribution in [-0.4, -0.2) is 150 Å². The predicted octanol–water partition coefficient (Wildman–Crippen LogP) is -6.31. The van der Waals surface area contributed by atoms with Gasteiger partial charge < -0.3 is 70.6 Å². The monoisotopic (exact) mass is 485 g/mol. The lowest BCUT2D eigenvalue weighted by atomic mass is 9.79. The molecular weight excluding hydrogens is 450 g/mol. The van der Waals surface area contributed by atoms with Crippen LogP contribution in [0, 0.1) is 5.92 Å². The Kier molecular flexibility index (Phi) is 9.02. The van der Waals surface area contributed by atoms with Crippen molar-refractivity contribution >= 4 is 0 Å². The Balaban J connectivity index is 1.67. The van der Waals surface area contributed by atoms with Crippen molar-refractivity contribution in [2.45, 2.75) is 99.0 Å². The van der Waals surface area contributed by atoms with Crippen LogP contribution < -0.4 is 5.32 Å². The van der Waals surface area contributed by atoms with Gasteiger partial charge in [-0.05, 0) is 13.3 Å². The lowest BCUT2D eigenvalue weighted by Crippen LogP contribution is -2.69. The van der Waals surface area contributed by atoms with Gasteiger partial charge in [0.1, 0.15) is 42.7 Å². The van der Waals surface area contributed by atoms with Crippen molar-refractivity contribution in [2.24, 2.45) is 5.92 Å². The highest BCUT2D eigenvalue weighted by molar-refractivity contribution is 5.01. The van der Waals surface area contributed by atoms with E-state index in [1.807, 2.05) is 0 Å². The Hall–Kier alpha value is -0.560. The van der Waals surface area contributed by atoms with E-state index >= 15 is 0 Å². The van der Waals surface area contributed by atoms with Gasteiger partial charge in [0.05, 0.1) is 31.0 Å². The first-order valence-corrected chi connectivity index (χ1v) is 10.9. The van der Waals surface area contributed by atoms with Crippen LogP contribution in [0.2, 0.25) is 0 Å². The summed E-state index contributed by atoms with van der Waals surface area (Å²) in [7, 11) is 0. The van der Waals surface area contributed by atoms with Gasteiger partial charge in [-0.25, -0.2) is 0 Å². The standard InChI is InChI=1S/C19H35NO13/c1-5-9(20-7-2-6(3-21)10(23)13(26)11(7)24)12(25)16(29)19(31-5)33-17-8(4-22)32-18(30)15(28)14(17)27/h5-30H,2-4H2,1H3/t5-,6?,7+,8-,9-,10-,11+,12+,13+,14-,15-,16-,17-,18-,19-/m1/s1. The zero-order chi connectivity index (χ0) is 24.6. The molecule has 2 saturated heterocycles. The summed E-state index contributed by atoms with van der Waals surface area (Å²) in [6.07, 6.45) is -17.6. The molecule has 0 aromatic heterocycles. The minimum atomic E-state index is -1.76. The fourth-order valence-electron chi connectivity index (χ4n) is 4.68. The van der Waals surface area contributed by atoms with E-state index < -0.39 is 105 Å². The van der Waals surface area contributed by atoms with Crippen molar-refractivity contribution in [3.05, 3.63) is 0 Å². The Morgan fingerprint density at radius 3 is 2.03 bits per heavy atom. The van der Waals surface area contributed by atoms with Crippen LogP contribution in [0.1, 0.15) is 13.3 Å². The molecule has 14 nitrogen and oxygen atoms in total. The molecule has 0 aromatic rings. The highest BCUT2D eigenvalue weighted by atomic mass is 16.7. The van der Waals surface area contributed by atoms with Gasteiger partial charge >= 0.3 is 0 Å². The molecule has 0 spiro atoms. The molecule has 3 rings (SSSR count). The number of aliphatic hydroxyl groups excluding tert-OH is 10. The van der Waals surface area contributed by atoms with Gasteiger partial charge in [0.25, 0.3) is 0 Å². The number of ether oxygens (including phenoxy) is 3. The second-order valence-electron chi connectivity index (χ2n) is 8.97. The highest BCUT2D eigenvalue weighted by Gasteiger charge is 2.51. The molecular formula is C19H35NO13. The first-order chi connectivity index (χ1) is 15.5. The van der Waals surface area contributed by atoms with Gasteiger partial charge in [0.2, 0.25) is 0 Å². The van der Waals surface area contributed by atoms with E-state index in [2.05, 4.69) is 5.32 Å². The molecule has 194 valence electrons. The minimum absolute atomic E-state index is 0.0753. The van der Waals surface area contributed by atoms with Gasteiger partial charge in [-0.1, -0.05) is 0 Å². The van der Waals surface area contributed by atoms with Crippen LogP contribution >= 0.6 is 0 Å². The molecule has 14 heteroatoms. The maximum absolute atomic E-state index is 10.7. The van der Waals surface area contributed by atoms with Crippen LogP contribution in [0.25, 0.3) is 0 Å². The number of hydrogen-bond donors (Lipinski definition) is 11. The van der Waals surface area contributed by atoms with E-state index in [-0.39, 0.29) is 6.42 Å². The smallest absolute Gasteiger partial charge is 0.187 e. The van der Waals surface area contributed by atoms with Gasteiger partial charge in [-0.2, -0.15) is 0 Å². The van der Waals surface area contributed by atoms with Crippen molar-refractivity contribution in [1.82, 2.24) is 5.32 Å². The summed E-state index contributed by atoms with van der Waals surface area (Å²) in [4.78, 5) is 0. The number of rotatable bonds is 6. The molecule has 0 aromatic carbocycles. The Bertz CT molecular complexity index is 626. The predicted molar refractivity (Wildman–Crippen MR) is 105 cm³/mol. The summed E-state index contributed by atoms with van der Waals surface area (Å²) in [6.45, 7) is 0.415. The zero-order valence-corrected chi connectivity index (χ0v) is 18.0. The second kappa shape index (κ2) is 11.0. The van der Waals surface area contributed by atoms with E-state index in [4.69, 9.17) is 14.2 Å². The molecule has 15 atom stereocenters. The van der Waals surface area contributed by atoms with E-state index in [0.717, 1.165) is 0 Å². The Morgan fingerprint density at radius 2 is 1.42 bits per heavy atom. The first-order valence-electron chi connectivity index (χ1n) is 10.9. The molecule has 3 fully saturated rings. The molecule has 0 radical (unpaired) electrons. The van der Waals surface area contributed by atoms with Crippen molar-refractivity contribution in [3.8, 4) is 0 Å². The highest BCUT2D eigenvalue weighted by Crippen LogP contribution is 2.31. The fraction of sp³-hybridized carbons (Fsp3) is 1.00. The van der Waals surface area contributed by atoms with Crippen LogP contribution in [0.5, 0.6) is 0 Å². The summed E-state index contributed by atoms with van der Waals surface area (Å²) in [5.41, 5.74) is 0. The summed E-state index contributed by atoms with van der Waals surface area (Å²) in [5, 5.41) is 103. The van der Waals surface area contributed by atoms with Crippen LogP contribution in [0.15, 0.2) is 0 Å². The normalized spacial score (nSPS) is 53.7. The second-order valence-corrected chi connectivity index (χ2v) is 8.97. The fourth-order valence-corrected chi connectivity index (χ4v) is 4.68. The van der Waals surface area contributed by atoms with Crippen molar-refractivity contribution in [2.75, 3.05) is 13.2 Å². The molecule has 33 heavy (non-hydrogen) atoms. The molecule has 11 N–H and O–H groups in total. The molecule has 2 heterocycles. The average Bonchev–Trinajstić information content (AvgIpc) is 2.79. The van der Waals surface area contributed by atoms with Crippen LogP contribution in [0.4, 0.5) is 0 Å². The molecule has 3 aliphatic rings. The number of aliphatic hydroxyl groups is 10. The third kappa shape index (κ3) is 5.34. The van der Waals surface area contributed by atoms with Crippen LogP contribution in [-0.2, 0) is 14.2 Å². The lowest BCUT2D eigenvalue weighted by Gasteiger charge is -2.48. The van der Waals surface area contributed by atoms with Crippen molar-refractivity contribution in [1.29, 1.82) is 0 Å². The lowest BCUT2D eigenvalue weighted by molar-refractivity contribution is -0.345. The van der Waals surface area contributed by atoms with Gasteiger partial charge in [0, 0.05) is 18.6 Å². The molecule has 1 aliphatic carbocycles. The summed E-state index contributed by atoms with van der Waals surface area (Å²) in [5.74, 6) is -0.719. The van der Waals surface area contributed by atoms with Gasteiger partial charge in [-0.15, -0.1) is 0 Å². The zero-order valence-electron chi connectivity index (χ0n) is 18.0. The van der Waals surface area contributed by atoms with Crippen molar-refractivity contribution in [3.63, 3.8) is 0 Å². The molecule has 1 saturated carbocycles. The van der Waals surface area contributed by atoms with E-state index in [0.29, 0.717) is 0 Å². The largest absolute Gasteiger partial charge is 0.396 e. The van der Waals surface area contributed by atoms with E-state index in [9.17, 15) is 51.1 Å². The van der Waals surface area contributed by atoms with Gasteiger partial charge in [-0.3, -0.25) is 0 Å². The third-order valence-electron chi connectivity index (χ3n) is 6.77. The van der Waals surface area contributed by atoms with E-state index in [1.54, 1.807) is 0 Å². The Morgan fingerprint density at radius 1 is 0.758 bits per heavy atom. The summed E-state index contributed by atoms with van der Waals surface area (Å²) >= 11 is 0. The molecule has 1 unspecified atom stereocenters. The van der Waals surface area contributed by atoms with Crippen LogP contribution in [0.3, 0.4) is 0 Å². The Labute approximate surface area is 189 Å². The third-order valence-corrected chi connectivity index (χ3v) is 6.77. The SMILES string of the molecule is C[C@H]1O[C@H](O[C@H]2[C@H](O)[C@@H](O)[C@H](O)O[C@@H]2CO)[C@H](O)[C@@H](O)[C@@H]1N[C@H]1CC(CO)[C@@H](O)[C@H](O)[C@H]1O. The van der Waals surface area contributed by atoms with E-state index in [1.165, 1.54) is 6.92 Å². The maximum Gasteiger partial charge on any atom is 0.187 e.